The van der Waals surface area contributed by atoms with Gasteiger partial charge in [0.2, 0.25) is 0 Å². The van der Waals surface area contributed by atoms with Crippen LogP contribution < -0.4 is 10.6 Å². The van der Waals surface area contributed by atoms with Crippen molar-refractivity contribution in [3.8, 4) is 0 Å². The molecular weight excluding hydrogens is 380 g/mol. The van der Waals surface area contributed by atoms with E-state index in [-0.39, 0.29) is 24.0 Å². The Balaban J connectivity index is 0.00000225. The molecule has 1 aliphatic heterocycles. The van der Waals surface area contributed by atoms with E-state index in [1.54, 1.807) is 36.4 Å². The van der Waals surface area contributed by atoms with Gasteiger partial charge in [-0.3, -0.25) is 0 Å². The molecule has 144 valence electrons. The summed E-state index contributed by atoms with van der Waals surface area (Å²) in [5.74, 6) is -0.134. The molecule has 0 saturated carbocycles. The van der Waals surface area contributed by atoms with Gasteiger partial charge >= 0.3 is 0 Å². The lowest BCUT2D eigenvalue weighted by molar-refractivity contribution is 0.490. The molecular formula is C22H20ClF2N3. The SMILES string of the molecule is Cl.Fc1ccccc1C1NC(=NCc2ccccc2)NC1c1ccccc1F. The quantitative estimate of drug-likeness (QED) is 0.653. The number of hydrogen-bond donors (Lipinski definition) is 2. The molecule has 1 fully saturated rings. The highest BCUT2D eigenvalue weighted by molar-refractivity contribution is 5.85. The molecule has 0 bridgehead atoms. The fraction of sp³-hybridized carbons (Fsp3) is 0.136. The van der Waals surface area contributed by atoms with Gasteiger partial charge in [0.05, 0.1) is 18.6 Å². The van der Waals surface area contributed by atoms with Gasteiger partial charge < -0.3 is 10.6 Å². The van der Waals surface area contributed by atoms with Gasteiger partial charge in [-0.05, 0) is 17.7 Å². The highest BCUT2D eigenvalue weighted by Crippen LogP contribution is 2.34. The second kappa shape index (κ2) is 8.85. The maximum Gasteiger partial charge on any atom is 0.192 e. The Hall–Kier alpha value is -2.92. The topological polar surface area (TPSA) is 36.4 Å². The van der Waals surface area contributed by atoms with Crippen molar-refractivity contribution in [1.82, 2.24) is 10.6 Å². The number of guanidine groups is 1. The van der Waals surface area contributed by atoms with Gasteiger partial charge in [0.1, 0.15) is 11.6 Å². The van der Waals surface area contributed by atoms with Gasteiger partial charge in [-0.25, -0.2) is 13.8 Å². The first-order chi connectivity index (χ1) is 13.2. The first kappa shape index (κ1) is 19.8. The molecule has 1 aliphatic rings. The fourth-order valence-electron chi connectivity index (χ4n) is 3.32. The molecule has 1 saturated heterocycles. The first-order valence-corrected chi connectivity index (χ1v) is 8.82. The average Bonchev–Trinajstić information content (AvgIpc) is 3.12. The maximum atomic E-state index is 14.4. The van der Waals surface area contributed by atoms with E-state index in [0.29, 0.717) is 23.6 Å². The van der Waals surface area contributed by atoms with E-state index in [1.165, 1.54) is 12.1 Å². The van der Waals surface area contributed by atoms with Crippen molar-refractivity contribution in [2.45, 2.75) is 18.6 Å². The molecule has 0 amide bonds. The summed E-state index contributed by atoms with van der Waals surface area (Å²) >= 11 is 0. The van der Waals surface area contributed by atoms with Gasteiger partial charge in [-0.2, -0.15) is 0 Å². The Morgan fingerprint density at radius 3 is 1.64 bits per heavy atom. The molecule has 3 nitrogen and oxygen atoms in total. The predicted octanol–water partition coefficient (Wildman–Crippen LogP) is 4.92. The highest BCUT2D eigenvalue weighted by Gasteiger charge is 2.35. The second-order valence-electron chi connectivity index (χ2n) is 6.44. The molecule has 0 spiro atoms. The van der Waals surface area contributed by atoms with Gasteiger partial charge in [0.15, 0.2) is 5.96 Å². The summed E-state index contributed by atoms with van der Waals surface area (Å²) in [6.07, 6.45) is 0. The molecule has 0 aromatic heterocycles. The predicted molar refractivity (Wildman–Crippen MR) is 109 cm³/mol. The van der Waals surface area contributed by atoms with Crippen molar-refractivity contribution in [1.29, 1.82) is 0 Å². The Morgan fingerprint density at radius 2 is 1.14 bits per heavy atom. The van der Waals surface area contributed by atoms with E-state index in [9.17, 15) is 8.78 Å². The number of nitrogens with zero attached hydrogens (tertiary/aromatic N) is 1. The van der Waals surface area contributed by atoms with Crippen LogP contribution in [-0.2, 0) is 6.54 Å². The minimum Gasteiger partial charge on any atom is -0.347 e. The van der Waals surface area contributed by atoms with Crippen LogP contribution in [0, 0.1) is 11.6 Å². The Kier molecular flexibility index (Phi) is 6.26. The normalized spacial score (nSPS) is 18.0. The first-order valence-electron chi connectivity index (χ1n) is 8.82. The van der Waals surface area contributed by atoms with Crippen molar-refractivity contribution < 1.29 is 8.78 Å². The van der Waals surface area contributed by atoms with Gasteiger partial charge in [0, 0.05) is 11.1 Å². The largest absolute Gasteiger partial charge is 0.347 e. The Labute approximate surface area is 168 Å². The van der Waals surface area contributed by atoms with Crippen LogP contribution in [0.5, 0.6) is 0 Å². The number of benzene rings is 3. The molecule has 3 aromatic rings. The van der Waals surface area contributed by atoms with Crippen LogP contribution in [0.3, 0.4) is 0 Å². The molecule has 3 aromatic carbocycles. The maximum absolute atomic E-state index is 14.4. The zero-order valence-corrected chi connectivity index (χ0v) is 15.8. The van der Waals surface area contributed by atoms with E-state index in [1.807, 2.05) is 30.3 Å². The van der Waals surface area contributed by atoms with Crippen molar-refractivity contribution in [2.75, 3.05) is 0 Å². The Morgan fingerprint density at radius 1 is 0.679 bits per heavy atom. The fourth-order valence-corrected chi connectivity index (χ4v) is 3.32. The molecule has 2 atom stereocenters. The van der Waals surface area contributed by atoms with Crippen LogP contribution in [-0.4, -0.2) is 5.96 Å². The number of rotatable bonds is 4. The van der Waals surface area contributed by atoms with Gasteiger partial charge in [0.25, 0.3) is 0 Å². The monoisotopic (exact) mass is 399 g/mol. The minimum atomic E-state index is -0.461. The molecule has 4 rings (SSSR count). The Bertz CT molecular complexity index is 907. The van der Waals surface area contributed by atoms with Gasteiger partial charge in [-0.1, -0.05) is 66.7 Å². The molecule has 0 radical (unpaired) electrons. The van der Waals surface area contributed by atoms with E-state index in [2.05, 4.69) is 15.6 Å². The van der Waals surface area contributed by atoms with Crippen LogP contribution >= 0.6 is 12.4 Å². The zero-order valence-electron chi connectivity index (χ0n) is 15.0. The summed E-state index contributed by atoms with van der Waals surface area (Å²) in [6.45, 7) is 0.476. The van der Waals surface area contributed by atoms with Crippen molar-refractivity contribution in [2.24, 2.45) is 4.99 Å². The number of nitrogens with one attached hydrogen (secondary N) is 2. The summed E-state index contributed by atoms with van der Waals surface area (Å²) < 4.78 is 28.8. The second-order valence-corrected chi connectivity index (χ2v) is 6.44. The van der Waals surface area contributed by atoms with Crippen molar-refractivity contribution in [3.63, 3.8) is 0 Å². The lowest BCUT2D eigenvalue weighted by Crippen LogP contribution is -2.25. The third kappa shape index (κ3) is 4.15. The van der Waals surface area contributed by atoms with E-state index in [0.717, 1.165) is 5.56 Å². The number of aliphatic imine (C=N–C) groups is 1. The molecule has 0 aliphatic carbocycles. The van der Waals surface area contributed by atoms with Crippen LogP contribution in [0.4, 0.5) is 8.78 Å². The highest BCUT2D eigenvalue weighted by atomic mass is 35.5. The van der Waals surface area contributed by atoms with E-state index < -0.39 is 12.1 Å². The lowest BCUT2D eigenvalue weighted by atomic mass is 9.94. The molecule has 2 unspecified atom stereocenters. The van der Waals surface area contributed by atoms with E-state index in [4.69, 9.17) is 0 Å². The number of halogens is 3. The third-order valence-corrected chi connectivity index (χ3v) is 4.66. The molecule has 2 N–H and O–H groups in total. The summed E-state index contributed by atoms with van der Waals surface area (Å²) in [4.78, 5) is 4.55. The lowest BCUT2D eigenvalue weighted by Gasteiger charge is -2.20. The summed E-state index contributed by atoms with van der Waals surface area (Å²) in [5.41, 5.74) is 2.01. The third-order valence-electron chi connectivity index (χ3n) is 4.66. The molecule has 28 heavy (non-hydrogen) atoms. The summed E-state index contributed by atoms with van der Waals surface area (Å²) in [5, 5.41) is 6.45. The number of hydrogen-bond acceptors (Lipinski definition) is 1. The van der Waals surface area contributed by atoms with Crippen LogP contribution in [0.1, 0.15) is 28.8 Å². The zero-order chi connectivity index (χ0) is 18.6. The molecule has 6 heteroatoms. The van der Waals surface area contributed by atoms with Gasteiger partial charge in [-0.15, -0.1) is 12.4 Å². The van der Waals surface area contributed by atoms with Crippen LogP contribution in [0.25, 0.3) is 0 Å². The minimum absolute atomic E-state index is 0. The van der Waals surface area contributed by atoms with Crippen LogP contribution in [0.15, 0.2) is 83.9 Å². The smallest absolute Gasteiger partial charge is 0.192 e. The standard InChI is InChI=1S/C22H19F2N3.ClH/c23-18-12-6-4-10-16(18)20-21(17-11-5-7-13-19(17)24)27-22(26-20)25-14-15-8-2-1-3-9-15;/h1-13,20-21H,14H2,(H2,25,26,27);1H. The average molecular weight is 400 g/mol. The summed E-state index contributed by atoms with van der Waals surface area (Å²) in [6, 6.07) is 22.0. The molecule has 1 heterocycles. The van der Waals surface area contributed by atoms with E-state index >= 15 is 0 Å². The van der Waals surface area contributed by atoms with Crippen LogP contribution in [0.2, 0.25) is 0 Å². The van der Waals surface area contributed by atoms with Crippen molar-refractivity contribution >= 4 is 18.4 Å². The summed E-state index contributed by atoms with van der Waals surface area (Å²) in [7, 11) is 0. The van der Waals surface area contributed by atoms with Crippen molar-refractivity contribution in [3.05, 3.63) is 107 Å².